The first-order valence-corrected chi connectivity index (χ1v) is 8.07. The molecule has 7 heteroatoms. The molecule has 1 heterocycles. The quantitative estimate of drug-likeness (QED) is 0.577. The van der Waals surface area contributed by atoms with E-state index in [1.807, 2.05) is 24.3 Å². The highest BCUT2D eigenvalue weighted by atomic mass is 35.6. The number of carbonyl (C=O) groups excluding carboxylic acids is 1. The largest absolute Gasteiger partial charge is 0.450 e. The maximum absolute atomic E-state index is 11.7. The van der Waals surface area contributed by atoms with Crippen molar-refractivity contribution < 1.29 is 14.3 Å². The van der Waals surface area contributed by atoms with Gasteiger partial charge in [0.05, 0.1) is 13.2 Å². The van der Waals surface area contributed by atoms with E-state index >= 15 is 0 Å². The zero-order valence-electron chi connectivity index (χ0n) is 12.4. The van der Waals surface area contributed by atoms with E-state index in [1.165, 1.54) is 4.90 Å². The van der Waals surface area contributed by atoms with E-state index in [0.29, 0.717) is 26.2 Å². The summed E-state index contributed by atoms with van der Waals surface area (Å²) in [6.45, 7) is 3.09. The number of rotatable bonds is 5. The number of ether oxygens (including phenoxy) is 2. The molecule has 0 aliphatic carbocycles. The minimum atomic E-state index is -1.37. The monoisotopic (exact) mass is 365 g/mol. The van der Waals surface area contributed by atoms with Crippen molar-refractivity contribution in [3.05, 3.63) is 35.4 Å². The highest BCUT2D eigenvalue weighted by molar-refractivity contribution is 6.67. The molecule has 1 aromatic carbocycles. The summed E-state index contributed by atoms with van der Waals surface area (Å²) >= 11 is 17.7. The van der Waals surface area contributed by atoms with Crippen molar-refractivity contribution >= 4 is 40.9 Å². The van der Waals surface area contributed by atoms with Crippen LogP contribution >= 0.6 is 34.8 Å². The number of hydrogen-bond donors (Lipinski definition) is 0. The topological polar surface area (TPSA) is 42.1 Å². The standard InChI is InChI=1S/C15H18Cl3NO3/c1-3-21-13(20)19(2)8-11-5-4-6-12(7-11)14(10-22-14)9-15(16,17)18/h4-7H,3,8-10H2,1-2H3. The Hall–Kier alpha value is -0.680. The molecule has 1 amide bonds. The maximum Gasteiger partial charge on any atom is 0.409 e. The first kappa shape index (κ1) is 17.7. The molecule has 1 aliphatic heterocycles. The average Bonchev–Trinajstić information content (AvgIpc) is 3.18. The molecule has 122 valence electrons. The van der Waals surface area contributed by atoms with Gasteiger partial charge in [-0.05, 0) is 18.1 Å². The fraction of sp³-hybridized carbons (Fsp3) is 0.533. The van der Waals surface area contributed by atoms with Gasteiger partial charge in [0, 0.05) is 20.0 Å². The summed E-state index contributed by atoms with van der Waals surface area (Å²) in [6.07, 6.45) is -0.0615. The van der Waals surface area contributed by atoms with Gasteiger partial charge in [-0.1, -0.05) is 59.1 Å². The molecule has 1 unspecified atom stereocenters. The number of alkyl halides is 3. The highest BCUT2D eigenvalue weighted by Gasteiger charge is 2.51. The third-order valence-corrected chi connectivity index (χ3v) is 3.83. The summed E-state index contributed by atoms with van der Waals surface area (Å²) in [5.74, 6) is 0. The first-order chi connectivity index (χ1) is 10.3. The Labute approximate surface area is 145 Å². The van der Waals surface area contributed by atoms with Gasteiger partial charge in [0.2, 0.25) is 0 Å². The number of epoxide rings is 1. The van der Waals surface area contributed by atoms with Gasteiger partial charge in [-0.3, -0.25) is 0 Å². The van der Waals surface area contributed by atoms with E-state index in [2.05, 4.69) is 0 Å². The average molecular weight is 367 g/mol. The van der Waals surface area contributed by atoms with Crippen LogP contribution in [0.2, 0.25) is 0 Å². The van der Waals surface area contributed by atoms with Crippen LogP contribution in [0.5, 0.6) is 0 Å². The van der Waals surface area contributed by atoms with E-state index in [4.69, 9.17) is 44.3 Å². The number of nitrogens with zero attached hydrogens (tertiary/aromatic N) is 1. The smallest absolute Gasteiger partial charge is 0.409 e. The Morgan fingerprint density at radius 1 is 1.45 bits per heavy atom. The van der Waals surface area contributed by atoms with Crippen molar-refractivity contribution in [1.82, 2.24) is 4.90 Å². The third kappa shape index (κ3) is 4.66. The summed E-state index contributed by atoms with van der Waals surface area (Å²) in [7, 11) is 1.69. The first-order valence-electron chi connectivity index (χ1n) is 6.94. The molecule has 1 atom stereocenters. The molecule has 2 rings (SSSR count). The molecule has 22 heavy (non-hydrogen) atoms. The minimum absolute atomic E-state index is 0.293. The summed E-state index contributed by atoms with van der Waals surface area (Å²) in [4.78, 5) is 13.2. The highest BCUT2D eigenvalue weighted by Crippen LogP contribution is 2.49. The van der Waals surface area contributed by atoms with Crippen molar-refractivity contribution in [2.24, 2.45) is 0 Å². The molecule has 1 fully saturated rings. The Balaban J connectivity index is 2.09. The Morgan fingerprint density at radius 2 is 2.14 bits per heavy atom. The van der Waals surface area contributed by atoms with E-state index in [9.17, 15) is 4.79 Å². The summed E-state index contributed by atoms with van der Waals surface area (Å²) in [5.41, 5.74) is 1.38. The second-order valence-electron chi connectivity index (χ2n) is 5.33. The summed E-state index contributed by atoms with van der Waals surface area (Å²) in [6, 6.07) is 7.76. The van der Waals surface area contributed by atoms with E-state index < -0.39 is 9.39 Å². The molecular weight excluding hydrogens is 349 g/mol. The Morgan fingerprint density at radius 3 is 2.68 bits per heavy atom. The molecule has 1 aliphatic rings. The lowest BCUT2D eigenvalue weighted by molar-refractivity contribution is 0.114. The van der Waals surface area contributed by atoms with Crippen LogP contribution in [0.3, 0.4) is 0 Å². The van der Waals surface area contributed by atoms with Gasteiger partial charge in [0.1, 0.15) is 5.60 Å². The zero-order valence-corrected chi connectivity index (χ0v) is 14.7. The number of amides is 1. The molecule has 4 nitrogen and oxygen atoms in total. The van der Waals surface area contributed by atoms with Crippen molar-refractivity contribution in [2.75, 3.05) is 20.3 Å². The van der Waals surface area contributed by atoms with Crippen LogP contribution < -0.4 is 0 Å². The molecule has 1 saturated heterocycles. The van der Waals surface area contributed by atoms with Gasteiger partial charge in [0.25, 0.3) is 0 Å². The van der Waals surface area contributed by atoms with Crippen molar-refractivity contribution in [1.29, 1.82) is 0 Å². The molecule has 0 bridgehead atoms. The maximum atomic E-state index is 11.7. The fourth-order valence-electron chi connectivity index (χ4n) is 2.31. The number of benzene rings is 1. The lowest BCUT2D eigenvalue weighted by Gasteiger charge is -2.20. The van der Waals surface area contributed by atoms with Crippen LogP contribution in [0, 0.1) is 0 Å². The molecule has 0 saturated carbocycles. The van der Waals surface area contributed by atoms with E-state index in [-0.39, 0.29) is 6.09 Å². The zero-order chi connectivity index (χ0) is 16.4. The molecule has 0 aromatic heterocycles. The van der Waals surface area contributed by atoms with Crippen LogP contribution in [-0.4, -0.2) is 35.0 Å². The van der Waals surface area contributed by atoms with Gasteiger partial charge < -0.3 is 14.4 Å². The third-order valence-electron chi connectivity index (χ3n) is 3.43. The van der Waals surface area contributed by atoms with Crippen LogP contribution in [0.4, 0.5) is 4.79 Å². The van der Waals surface area contributed by atoms with Gasteiger partial charge in [0.15, 0.2) is 3.79 Å². The van der Waals surface area contributed by atoms with Gasteiger partial charge in [-0.25, -0.2) is 4.79 Å². The molecular formula is C15H18Cl3NO3. The summed E-state index contributed by atoms with van der Waals surface area (Å²) in [5, 5.41) is 0. The lowest BCUT2D eigenvalue weighted by Crippen LogP contribution is -2.27. The van der Waals surface area contributed by atoms with Gasteiger partial charge >= 0.3 is 6.09 Å². The Kier molecular flexibility index (Phi) is 5.49. The summed E-state index contributed by atoms with van der Waals surface area (Å²) < 4.78 is 9.14. The van der Waals surface area contributed by atoms with Gasteiger partial charge in [-0.2, -0.15) is 0 Å². The fourth-order valence-corrected chi connectivity index (χ4v) is 2.95. The lowest BCUT2D eigenvalue weighted by atomic mass is 9.95. The predicted molar refractivity (Wildman–Crippen MR) is 87.5 cm³/mol. The SMILES string of the molecule is CCOC(=O)N(C)Cc1cccc(C2(CC(Cl)(Cl)Cl)CO2)c1. The predicted octanol–water partition coefficient (Wildman–Crippen LogP) is 4.26. The van der Waals surface area contributed by atoms with Gasteiger partial charge in [-0.15, -0.1) is 0 Å². The molecule has 0 spiro atoms. The second-order valence-corrected chi connectivity index (χ2v) is 7.85. The van der Waals surface area contributed by atoms with E-state index in [0.717, 1.165) is 11.1 Å². The number of carbonyl (C=O) groups is 1. The van der Waals surface area contributed by atoms with E-state index in [1.54, 1.807) is 14.0 Å². The molecule has 0 N–H and O–H groups in total. The van der Waals surface area contributed by atoms with Crippen molar-refractivity contribution in [2.45, 2.75) is 29.3 Å². The second kappa shape index (κ2) is 6.83. The van der Waals surface area contributed by atoms with Crippen LogP contribution in [0.25, 0.3) is 0 Å². The molecule has 1 aromatic rings. The van der Waals surface area contributed by atoms with Crippen LogP contribution in [0.1, 0.15) is 24.5 Å². The normalized spacial score (nSPS) is 20.6. The number of hydrogen-bond acceptors (Lipinski definition) is 3. The number of halogens is 3. The Bertz CT molecular complexity index is 541. The van der Waals surface area contributed by atoms with Crippen molar-refractivity contribution in [3.63, 3.8) is 0 Å². The van der Waals surface area contributed by atoms with Crippen LogP contribution in [-0.2, 0) is 21.6 Å². The minimum Gasteiger partial charge on any atom is -0.450 e. The molecule has 0 radical (unpaired) electrons. The van der Waals surface area contributed by atoms with Crippen molar-refractivity contribution in [3.8, 4) is 0 Å². The van der Waals surface area contributed by atoms with Crippen LogP contribution in [0.15, 0.2) is 24.3 Å².